The molecule has 4 fully saturated rings. The zero-order chi connectivity index (χ0) is 45.1. The molecule has 62 heavy (non-hydrogen) atoms. The van der Waals surface area contributed by atoms with Crippen LogP contribution in [0.4, 0.5) is 0 Å². The Morgan fingerprint density at radius 1 is 0.613 bits per heavy atom. The number of benzene rings is 2. The fourth-order valence-corrected chi connectivity index (χ4v) is 7.42. The summed E-state index contributed by atoms with van der Waals surface area (Å²) in [5.74, 6) is -3.69. The van der Waals surface area contributed by atoms with Gasteiger partial charge in [-0.3, -0.25) is 4.79 Å². The molecule has 3 aromatic rings. The van der Waals surface area contributed by atoms with Crippen LogP contribution in [0, 0.1) is 0 Å². The van der Waals surface area contributed by atoms with Crippen molar-refractivity contribution < 1.29 is 114 Å². The average molecular weight is 889 g/mol. The molecule has 0 aliphatic carbocycles. The third-order valence-corrected chi connectivity index (χ3v) is 11.1. The molecule has 1 aromatic heterocycles. The van der Waals surface area contributed by atoms with Gasteiger partial charge < -0.3 is 114 Å². The highest BCUT2D eigenvalue weighted by atomic mass is 16.8. The number of aliphatic hydroxyl groups is 11. The molecule has 7 rings (SSSR count). The van der Waals surface area contributed by atoms with Gasteiger partial charge in [0.25, 0.3) is 0 Å². The van der Waals surface area contributed by atoms with Crippen LogP contribution in [0.2, 0.25) is 0 Å². The topological polar surface area (TPSA) is 387 Å². The molecule has 4 aliphatic heterocycles. The van der Waals surface area contributed by atoms with Gasteiger partial charge in [0, 0.05) is 17.7 Å². The zero-order valence-electron chi connectivity index (χ0n) is 32.6. The van der Waals surface area contributed by atoms with Crippen LogP contribution in [0.5, 0.6) is 28.7 Å². The second kappa shape index (κ2) is 18.2. The van der Waals surface area contributed by atoms with Crippen molar-refractivity contribution >= 4 is 11.0 Å². The second-order valence-corrected chi connectivity index (χ2v) is 15.4. The van der Waals surface area contributed by atoms with Gasteiger partial charge in [0.2, 0.25) is 23.8 Å². The highest BCUT2D eigenvalue weighted by molar-refractivity contribution is 5.88. The molecule has 0 unspecified atom stereocenters. The van der Waals surface area contributed by atoms with E-state index in [4.69, 9.17) is 42.3 Å². The smallest absolute Gasteiger partial charge is 0.239 e. The number of hydrogen-bond donors (Lipinski definition) is 14. The maximum atomic E-state index is 14.6. The molecular weight excluding hydrogens is 840 g/mol. The lowest BCUT2D eigenvalue weighted by Gasteiger charge is -2.48. The lowest BCUT2D eigenvalue weighted by atomic mass is 9.97. The van der Waals surface area contributed by atoms with Crippen molar-refractivity contribution in [3.63, 3.8) is 0 Å². The lowest BCUT2D eigenvalue weighted by Crippen LogP contribution is -2.66. The number of ether oxygens (including phenoxy) is 8. The van der Waals surface area contributed by atoms with Gasteiger partial charge in [-0.05, 0) is 32.0 Å². The molecule has 0 saturated carbocycles. The number of rotatable bonds is 10. The molecule has 5 heterocycles. The summed E-state index contributed by atoms with van der Waals surface area (Å²) in [4.78, 5) is 14.6. The highest BCUT2D eigenvalue weighted by Crippen LogP contribution is 2.41. The van der Waals surface area contributed by atoms with Gasteiger partial charge in [-0.2, -0.15) is 0 Å². The molecule has 14 N–H and O–H groups in total. The van der Waals surface area contributed by atoms with E-state index in [0.717, 1.165) is 24.3 Å². The first-order valence-electron chi connectivity index (χ1n) is 19.3. The zero-order valence-corrected chi connectivity index (χ0v) is 32.6. The van der Waals surface area contributed by atoms with Gasteiger partial charge in [0.15, 0.2) is 35.9 Å². The first-order chi connectivity index (χ1) is 29.3. The van der Waals surface area contributed by atoms with Crippen molar-refractivity contribution in [2.45, 2.75) is 131 Å². The van der Waals surface area contributed by atoms with Gasteiger partial charge >= 0.3 is 0 Å². The minimum absolute atomic E-state index is 0.147. The first-order valence-corrected chi connectivity index (χ1v) is 19.3. The number of phenols is 3. The van der Waals surface area contributed by atoms with Crippen molar-refractivity contribution in [1.29, 1.82) is 0 Å². The van der Waals surface area contributed by atoms with Gasteiger partial charge in [-0.25, -0.2) is 0 Å². The second-order valence-electron chi connectivity index (χ2n) is 15.4. The van der Waals surface area contributed by atoms with Gasteiger partial charge in [-0.1, -0.05) is 0 Å². The predicted molar refractivity (Wildman–Crippen MR) is 198 cm³/mol. The Morgan fingerprint density at radius 3 is 1.94 bits per heavy atom. The van der Waals surface area contributed by atoms with Crippen LogP contribution in [-0.4, -0.2) is 201 Å². The number of fused-ring (bicyclic) bond motifs is 1. The van der Waals surface area contributed by atoms with Crippen LogP contribution in [0.1, 0.15) is 13.8 Å². The summed E-state index contributed by atoms with van der Waals surface area (Å²) in [6.07, 6.45) is -32.8. The molecule has 344 valence electrons. The Labute approximate surface area is 349 Å². The average Bonchev–Trinajstić information content (AvgIpc) is 3.23. The van der Waals surface area contributed by atoms with E-state index in [2.05, 4.69) is 0 Å². The summed E-state index contributed by atoms with van der Waals surface area (Å²) in [6, 6.07) is 5.21. The van der Waals surface area contributed by atoms with Gasteiger partial charge in [0.05, 0.1) is 25.4 Å². The van der Waals surface area contributed by atoms with Crippen LogP contribution in [0.25, 0.3) is 22.3 Å². The van der Waals surface area contributed by atoms with Crippen molar-refractivity contribution in [2.24, 2.45) is 0 Å². The van der Waals surface area contributed by atoms with Crippen molar-refractivity contribution in [1.82, 2.24) is 0 Å². The van der Waals surface area contributed by atoms with Crippen LogP contribution in [0.15, 0.2) is 39.5 Å². The summed E-state index contributed by atoms with van der Waals surface area (Å²) >= 11 is 0. The molecule has 0 radical (unpaired) electrons. The fraction of sp³-hybridized carbons (Fsp3) is 0.605. The minimum atomic E-state index is -2.06. The minimum Gasteiger partial charge on any atom is -0.507 e. The molecular formula is C38H48O24. The molecule has 4 aliphatic rings. The molecule has 0 spiro atoms. The Bertz CT molecular complexity index is 2100. The molecule has 0 amide bonds. The SMILES string of the molecule is C[C@@H]1O[C@@H](Oc2cc(O)c3c(=O)c(O[C@@H]4O[C@@H](C)[C@H](O)[C@@H](O[C@@H]5OC[C@@H](O)[C@H](O)[C@H]5O)[C@H]4O[C@@H]4O[C@H](CO)[C@@H](O)[C@H](O)[C@H]4O)c(-c4ccc(O)c(O)c4)oc3c2)[C@H](O)[C@H](O)[C@H]1O. The maximum absolute atomic E-state index is 14.6. The van der Waals surface area contributed by atoms with Crippen LogP contribution >= 0.6 is 0 Å². The van der Waals surface area contributed by atoms with E-state index in [1.807, 2.05) is 0 Å². The summed E-state index contributed by atoms with van der Waals surface area (Å²) in [5.41, 5.74) is -1.70. The molecule has 0 bridgehead atoms. The molecule has 24 nitrogen and oxygen atoms in total. The Morgan fingerprint density at radius 2 is 1.24 bits per heavy atom. The number of aromatic hydroxyl groups is 3. The molecule has 24 heteroatoms. The third-order valence-electron chi connectivity index (χ3n) is 11.1. The monoisotopic (exact) mass is 888 g/mol. The number of hydrogen-bond acceptors (Lipinski definition) is 24. The first kappa shape index (κ1) is 46.0. The van der Waals surface area contributed by atoms with E-state index in [0.29, 0.717) is 0 Å². The quantitative estimate of drug-likeness (QED) is 0.0850. The summed E-state index contributed by atoms with van der Waals surface area (Å²) in [5, 5.41) is 146. The Kier molecular flexibility index (Phi) is 13.5. The fourth-order valence-electron chi connectivity index (χ4n) is 7.42. The third kappa shape index (κ3) is 8.63. The predicted octanol–water partition coefficient (Wildman–Crippen LogP) is -4.72. The van der Waals surface area contributed by atoms with E-state index in [-0.39, 0.29) is 11.3 Å². The van der Waals surface area contributed by atoms with Gasteiger partial charge in [-0.15, -0.1) is 0 Å². The Hall–Kier alpha value is -4.03. The normalized spacial score (nSPS) is 40.3. The van der Waals surface area contributed by atoms with Crippen molar-refractivity contribution in [2.75, 3.05) is 13.2 Å². The standard InChI is InChI=1S/C38H48O24/c1-10-21(44)26(49)29(52)36(55-10)57-13-6-16(42)20-18(7-13)58-31(12-3-4-14(40)15(41)5-12)33(25(20)48)61-38-34(62-37-30(53)27(50)24(47)19(8-39)59-37)32(22(45)11(2)56-38)60-35-28(51)23(46)17(43)9-54-35/h3-7,10-11,17,19,21-24,26-30,32,34-47,49-53H,8-9H2,1-2H3/t10-,11-,17+,19+,21-,22-,23-,24+,26+,27-,28+,29+,30+,32+,34+,35-,36-,37-,38-/m0/s1. The summed E-state index contributed by atoms with van der Waals surface area (Å²) < 4.78 is 52.2. The number of phenolic OH excluding ortho intramolecular Hbond substituents is 3. The van der Waals surface area contributed by atoms with E-state index in [9.17, 15) is 76.3 Å². The van der Waals surface area contributed by atoms with E-state index in [1.165, 1.54) is 19.9 Å². The summed E-state index contributed by atoms with van der Waals surface area (Å²) in [6.45, 7) is 1.29. The van der Waals surface area contributed by atoms with Crippen molar-refractivity contribution in [3.05, 3.63) is 40.6 Å². The number of aliphatic hydroxyl groups excluding tert-OH is 11. The van der Waals surface area contributed by atoms with Crippen LogP contribution in [-0.2, 0) is 28.4 Å². The lowest BCUT2D eigenvalue weighted by molar-refractivity contribution is -0.377. The van der Waals surface area contributed by atoms with Crippen LogP contribution in [0.3, 0.4) is 0 Å². The Balaban J connectivity index is 1.32. The maximum Gasteiger partial charge on any atom is 0.239 e. The van der Waals surface area contributed by atoms with Gasteiger partial charge in [0.1, 0.15) is 95.7 Å². The van der Waals surface area contributed by atoms with E-state index >= 15 is 0 Å². The molecule has 19 atom stereocenters. The largest absolute Gasteiger partial charge is 0.507 e. The van der Waals surface area contributed by atoms with E-state index in [1.54, 1.807) is 0 Å². The van der Waals surface area contributed by atoms with Crippen molar-refractivity contribution in [3.8, 4) is 40.1 Å². The summed E-state index contributed by atoms with van der Waals surface area (Å²) in [7, 11) is 0. The van der Waals surface area contributed by atoms with Crippen LogP contribution < -0.4 is 14.9 Å². The highest BCUT2D eigenvalue weighted by Gasteiger charge is 2.54. The van der Waals surface area contributed by atoms with E-state index < -0.39 is 175 Å². The molecule has 2 aromatic carbocycles. The molecule has 4 saturated heterocycles.